The van der Waals surface area contributed by atoms with Gasteiger partial charge in [0.05, 0.1) is 27.9 Å². The van der Waals surface area contributed by atoms with Crippen LogP contribution in [0.25, 0.3) is 98.5 Å². The largest absolute Gasteiger partial charge is 0.308 e. The highest BCUT2D eigenvalue weighted by Crippen LogP contribution is 2.45. The van der Waals surface area contributed by atoms with E-state index in [1.54, 1.807) is 6.33 Å². The molecule has 0 unspecified atom stereocenters. The van der Waals surface area contributed by atoms with Crippen molar-refractivity contribution < 1.29 is 0 Å². The molecule has 0 aliphatic heterocycles. The number of pyridine rings is 2. The Bertz CT molecular complexity index is 2730. The van der Waals surface area contributed by atoms with Crippen molar-refractivity contribution in [1.82, 2.24) is 29.1 Å². The van der Waals surface area contributed by atoms with E-state index >= 15 is 0 Å². The first-order valence-corrected chi connectivity index (χ1v) is 15.1. The molecule has 7 heteroatoms. The first-order valence-electron chi connectivity index (χ1n) is 15.1. The molecule has 7 nitrogen and oxygen atoms in total. The van der Waals surface area contributed by atoms with Crippen molar-refractivity contribution in [3.63, 3.8) is 0 Å². The lowest BCUT2D eigenvalue weighted by Gasteiger charge is -2.15. The lowest BCUT2D eigenvalue weighted by molar-refractivity contribution is 1.08. The molecule has 0 saturated carbocycles. The second-order valence-corrected chi connectivity index (χ2v) is 11.8. The van der Waals surface area contributed by atoms with E-state index in [-0.39, 0.29) is 0 Å². The fraction of sp³-hybridized carbons (Fsp3) is 0. The summed E-state index contributed by atoms with van der Waals surface area (Å²) in [6.07, 6.45) is 7.22. The van der Waals surface area contributed by atoms with Crippen molar-refractivity contribution in [1.29, 1.82) is 5.26 Å². The Balaban J connectivity index is 1.30. The van der Waals surface area contributed by atoms with Gasteiger partial charge >= 0.3 is 0 Å². The van der Waals surface area contributed by atoms with E-state index in [0.717, 1.165) is 87.7 Å². The highest BCUT2D eigenvalue weighted by Gasteiger charge is 2.26. The molecule has 11 rings (SSSR count). The van der Waals surface area contributed by atoms with E-state index in [1.807, 2.05) is 36.8 Å². The molecule has 5 aromatic heterocycles. The van der Waals surface area contributed by atoms with Gasteiger partial charge in [0.25, 0.3) is 0 Å². The predicted molar refractivity (Wildman–Crippen MR) is 183 cm³/mol. The van der Waals surface area contributed by atoms with Crippen LogP contribution in [0.3, 0.4) is 0 Å². The number of nitriles is 1. The molecule has 11 aromatic rings. The van der Waals surface area contributed by atoms with Crippen LogP contribution in [0, 0.1) is 11.3 Å². The van der Waals surface area contributed by atoms with Crippen molar-refractivity contribution in [2.45, 2.75) is 0 Å². The first kappa shape index (κ1) is 23.8. The van der Waals surface area contributed by atoms with Crippen molar-refractivity contribution >= 4 is 87.1 Å². The number of hydrogen-bond acceptors (Lipinski definition) is 5. The zero-order chi connectivity index (χ0) is 30.1. The van der Waals surface area contributed by atoms with Gasteiger partial charge in [0.2, 0.25) is 0 Å². The van der Waals surface area contributed by atoms with E-state index in [0.29, 0.717) is 5.56 Å². The molecule has 0 saturated heterocycles. The summed E-state index contributed by atoms with van der Waals surface area (Å²) in [7, 11) is 0. The van der Waals surface area contributed by atoms with E-state index in [1.165, 1.54) is 10.8 Å². The maximum atomic E-state index is 11.0. The highest BCUT2D eigenvalue weighted by atomic mass is 15.1. The molecule has 0 spiro atoms. The molecule has 46 heavy (non-hydrogen) atoms. The van der Waals surface area contributed by atoms with Crippen LogP contribution in [0.5, 0.6) is 0 Å². The number of aromatic nitrogens is 6. The van der Waals surface area contributed by atoms with Gasteiger partial charge in [-0.05, 0) is 63.3 Å². The molecule has 210 valence electrons. The Labute approximate surface area is 259 Å². The standard InChI is InChI=1S/C39H19N7/c40-18-27-29(45-31-12-3-8-23-28-19-41-20-44-37(28)26-9-4-13-32(45)34(26)33(23)31)10-5-11-30(27)46-38-35-24(14-16-42-38)21-6-1-2-7-22(21)25-15-17-43-39(46)36(25)35/h1-17,19-20H. The van der Waals surface area contributed by atoms with Crippen LogP contribution in [0.15, 0.2) is 116 Å². The number of benzene rings is 6. The average Bonchev–Trinajstić information content (AvgIpc) is 3.64. The maximum Gasteiger partial charge on any atom is 0.147 e. The summed E-state index contributed by atoms with van der Waals surface area (Å²) in [5.41, 5.74) is 6.63. The lowest BCUT2D eigenvalue weighted by Crippen LogP contribution is -2.04. The van der Waals surface area contributed by atoms with Gasteiger partial charge < -0.3 is 4.57 Å². The van der Waals surface area contributed by atoms with Crippen molar-refractivity contribution in [2.24, 2.45) is 0 Å². The zero-order valence-electron chi connectivity index (χ0n) is 24.1. The Kier molecular flexibility index (Phi) is 4.28. The number of fused-ring (bicyclic) bond motifs is 6. The first-order chi connectivity index (χ1) is 22.8. The van der Waals surface area contributed by atoms with Crippen LogP contribution < -0.4 is 0 Å². The van der Waals surface area contributed by atoms with Gasteiger partial charge in [-0.2, -0.15) is 5.26 Å². The summed E-state index contributed by atoms with van der Waals surface area (Å²) in [6, 6.07) is 34.0. The molecule has 0 radical (unpaired) electrons. The quantitative estimate of drug-likeness (QED) is 0.189. The summed E-state index contributed by atoms with van der Waals surface area (Å²) in [4.78, 5) is 18.9. The zero-order valence-corrected chi connectivity index (χ0v) is 24.1. The van der Waals surface area contributed by atoms with E-state index in [2.05, 4.69) is 93.0 Å². The minimum absolute atomic E-state index is 0.545. The minimum atomic E-state index is 0.545. The van der Waals surface area contributed by atoms with E-state index in [4.69, 9.17) is 15.0 Å². The predicted octanol–water partition coefficient (Wildman–Crippen LogP) is 8.82. The summed E-state index contributed by atoms with van der Waals surface area (Å²) in [5, 5.41) is 23.2. The average molecular weight is 586 g/mol. The van der Waals surface area contributed by atoms with E-state index < -0.39 is 0 Å². The second kappa shape index (κ2) is 8.29. The molecule has 0 fully saturated rings. The molecule has 0 bridgehead atoms. The van der Waals surface area contributed by atoms with Gasteiger partial charge in [-0.1, -0.05) is 54.6 Å². The maximum absolute atomic E-state index is 11.0. The van der Waals surface area contributed by atoms with Crippen LogP contribution in [-0.4, -0.2) is 29.1 Å². The molecule has 0 aliphatic rings. The Morgan fingerprint density at radius 3 is 1.74 bits per heavy atom. The van der Waals surface area contributed by atoms with Crippen LogP contribution >= 0.6 is 0 Å². The molecule has 0 atom stereocenters. The van der Waals surface area contributed by atoms with Crippen LogP contribution in [0.1, 0.15) is 5.56 Å². The Morgan fingerprint density at radius 1 is 0.500 bits per heavy atom. The molecule has 6 aromatic carbocycles. The number of rotatable bonds is 2. The van der Waals surface area contributed by atoms with Gasteiger partial charge in [0.15, 0.2) is 0 Å². The van der Waals surface area contributed by atoms with Crippen molar-refractivity contribution in [2.75, 3.05) is 0 Å². The number of hydrogen-bond donors (Lipinski definition) is 0. The van der Waals surface area contributed by atoms with Crippen molar-refractivity contribution in [3.8, 4) is 17.4 Å². The van der Waals surface area contributed by atoms with Gasteiger partial charge in [0.1, 0.15) is 29.3 Å². The van der Waals surface area contributed by atoms with Gasteiger partial charge in [0, 0.05) is 50.9 Å². The van der Waals surface area contributed by atoms with Crippen LogP contribution in [0.4, 0.5) is 0 Å². The third-order valence-electron chi connectivity index (χ3n) is 9.73. The summed E-state index contributed by atoms with van der Waals surface area (Å²) < 4.78 is 4.29. The monoisotopic (exact) mass is 585 g/mol. The fourth-order valence-electron chi connectivity index (χ4n) is 8.01. The molecule has 0 N–H and O–H groups in total. The molecule has 5 heterocycles. The van der Waals surface area contributed by atoms with E-state index in [9.17, 15) is 5.26 Å². The lowest BCUT2D eigenvalue weighted by atomic mass is 9.97. The minimum Gasteiger partial charge on any atom is -0.308 e. The summed E-state index contributed by atoms with van der Waals surface area (Å²) in [5.74, 6) is 0. The van der Waals surface area contributed by atoms with Crippen LogP contribution in [0.2, 0.25) is 0 Å². The highest BCUT2D eigenvalue weighted by molar-refractivity contribution is 6.34. The Morgan fingerprint density at radius 2 is 1.07 bits per heavy atom. The smallest absolute Gasteiger partial charge is 0.147 e. The molecule has 0 aliphatic carbocycles. The summed E-state index contributed by atoms with van der Waals surface area (Å²) in [6.45, 7) is 0. The molecular formula is C39H19N7. The van der Waals surface area contributed by atoms with Crippen molar-refractivity contribution in [3.05, 3.63) is 121 Å². The van der Waals surface area contributed by atoms with Gasteiger partial charge in [-0.25, -0.2) is 19.9 Å². The third-order valence-corrected chi connectivity index (χ3v) is 9.73. The molecular weight excluding hydrogens is 566 g/mol. The number of nitrogens with zero attached hydrogens (tertiary/aromatic N) is 7. The third kappa shape index (κ3) is 2.69. The van der Waals surface area contributed by atoms with Crippen LogP contribution in [-0.2, 0) is 0 Å². The Hall–Kier alpha value is -6.65. The SMILES string of the molecule is N#Cc1c(-n2c3cccc4c5cncnc5c5cccc2c5c43)cccc1-n1c2nccc3c4ccccc4c4ccnc1c4c32. The fourth-order valence-corrected chi connectivity index (χ4v) is 8.01. The second-order valence-electron chi connectivity index (χ2n) is 11.8. The normalized spacial score (nSPS) is 12.3. The summed E-state index contributed by atoms with van der Waals surface area (Å²) >= 11 is 0. The van der Waals surface area contributed by atoms with Gasteiger partial charge in [-0.3, -0.25) is 4.57 Å². The molecule has 0 amide bonds. The van der Waals surface area contributed by atoms with Gasteiger partial charge in [-0.15, -0.1) is 0 Å². The topological polar surface area (TPSA) is 85.2 Å².